The maximum Gasteiger partial charge on any atom is 0.0497 e. The van der Waals surface area contributed by atoms with Gasteiger partial charge in [0.25, 0.3) is 0 Å². The van der Waals surface area contributed by atoms with Crippen LogP contribution in [0.3, 0.4) is 0 Å². The first kappa shape index (κ1) is 12.7. The van der Waals surface area contributed by atoms with Gasteiger partial charge in [0.15, 0.2) is 0 Å². The van der Waals surface area contributed by atoms with Gasteiger partial charge in [-0.1, -0.05) is 25.8 Å². The van der Waals surface area contributed by atoms with E-state index in [9.17, 15) is 5.11 Å². The van der Waals surface area contributed by atoms with Crippen molar-refractivity contribution in [3.8, 4) is 0 Å². The van der Waals surface area contributed by atoms with Crippen molar-refractivity contribution in [2.45, 2.75) is 45.1 Å². The monoisotopic (exact) mass is 257 g/mol. The summed E-state index contributed by atoms with van der Waals surface area (Å²) in [5.41, 5.74) is 2.56. The molecule has 1 atom stereocenters. The summed E-state index contributed by atoms with van der Waals surface area (Å²) >= 11 is 0. The van der Waals surface area contributed by atoms with Crippen molar-refractivity contribution in [2.24, 2.45) is 5.92 Å². The van der Waals surface area contributed by atoms with Crippen LogP contribution in [-0.2, 0) is 6.54 Å². The fraction of sp³-hybridized carbons (Fsp3) is 0.529. The summed E-state index contributed by atoms with van der Waals surface area (Å²) in [6, 6.07) is 8.80. The molecule has 1 aliphatic rings. The molecular weight excluding hydrogens is 234 g/mol. The molecule has 0 saturated heterocycles. The molecule has 0 amide bonds. The van der Waals surface area contributed by atoms with Gasteiger partial charge in [-0.2, -0.15) is 0 Å². The van der Waals surface area contributed by atoms with E-state index >= 15 is 0 Å². The smallest absolute Gasteiger partial charge is 0.0497 e. The average molecular weight is 257 g/mol. The van der Waals surface area contributed by atoms with Gasteiger partial charge in [0.1, 0.15) is 0 Å². The summed E-state index contributed by atoms with van der Waals surface area (Å²) in [5, 5.41) is 10.6. The zero-order valence-corrected chi connectivity index (χ0v) is 11.7. The molecule has 1 saturated carbocycles. The fourth-order valence-electron chi connectivity index (χ4n) is 3.26. The summed E-state index contributed by atoms with van der Waals surface area (Å²) in [6.45, 7) is 3.45. The molecule has 1 aliphatic carbocycles. The van der Waals surface area contributed by atoms with Gasteiger partial charge in [0.05, 0.1) is 0 Å². The Morgan fingerprint density at radius 1 is 1.26 bits per heavy atom. The van der Waals surface area contributed by atoms with Crippen LogP contribution in [0.2, 0.25) is 0 Å². The normalized spacial score (nSPS) is 18.2. The van der Waals surface area contributed by atoms with Gasteiger partial charge in [0, 0.05) is 30.8 Å². The molecule has 3 rings (SSSR count). The van der Waals surface area contributed by atoms with Gasteiger partial charge in [-0.05, 0) is 47.9 Å². The van der Waals surface area contributed by atoms with Crippen LogP contribution in [-0.4, -0.2) is 16.3 Å². The summed E-state index contributed by atoms with van der Waals surface area (Å²) in [4.78, 5) is 0. The average Bonchev–Trinajstić information content (AvgIpc) is 3.08. The molecular formula is C17H23NO. The van der Waals surface area contributed by atoms with Crippen molar-refractivity contribution in [2.75, 3.05) is 6.61 Å². The third-order valence-corrected chi connectivity index (χ3v) is 4.57. The van der Waals surface area contributed by atoms with E-state index in [0.29, 0.717) is 0 Å². The van der Waals surface area contributed by atoms with Crippen LogP contribution in [0.15, 0.2) is 30.5 Å². The van der Waals surface area contributed by atoms with Crippen molar-refractivity contribution in [1.82, 2.24) is 4.57 Å². The Hall–Kier alpha value is -1.28. The SMILES string of the molecule is CC(CO)c1ccc2c(ccn2CC2CCCC2)c1. The minimum absolute atomic E-state index is 0.217. The molecule has 2 nitrogen and oxygen atoms in total. The highest BCUT2D eigenvalue weighted by Gasteiger charge is 2.16. The van der Waals surface area contributed by atoms with Crippen LogP contribution in [0.5, 0.6) is 0 Å². The van der Waals surface area contributed by atoms with E-state index in [-0.39, 0.29) is 12.5 Å². The predicted octanol–water partition coefficient (Wildman–Crippen LogP) is 3.93. The predicted molar refractivity (Wildman–Crippen MR) is 79.4 cm³/mol. The number of aliphatic hydroxyl groups is 1. The number of rotatable bonds is 4. The number of nitrogens with zero attached hydrogens (tertiary/aromatic N) is 1. The van der Waals surface area contributed by atoms with Crippen LogP contribution in [0, 0.1) is 5.92 Å². The van der Waals surface area contributed by atoms with E-state index in [1.54, 1.807) is 0 Å². The Bertz CT molecular complexity index is 551. The lowest BCUT2D eigenvalue weighted by Crippen LogP contribution is -2.06. The Balaban J connectivity index is 1.86. The summed E-state index contributed by atoms with van der Waals surface area (Å²) < 4.78 is 2.40. The highest BCUT2D eigenvalue weighted by atomic mass is 16.3. The van der Waals surface area contributed by atoms with Gasteiger partial charge < -0.3 is 9.67 Å². The molecule has 0 radical (unpaired) electrons. The summed E-state index contributed by atoms with van der Waals surface area (Å²) in [5.74, 6) is 1.09. The van der Waals surface area contributed by atoms with Gasteiger partial charge in [-0.3, -0.25) is 0 Å². The van der Waals surface area contributed by atoms with E-state index < -0.39 is 0 Å². The van der Waals surface area contributed by atoms with Gasteiger partial charge in [-0.25, -0.2) is 0 Å². The number of benzene rings is 1. The van der Waals surface area contributed by atoms with Crippen molar-refractivity contribution in [1.29, 1.82) is 0 Å². The Labute approximate surface area is 115 Å². The molecule has 1 N–H and O–H groups in total. The second-order valence-electron chi connectivity index (χ2n) is 6.02. The quantitative estimate of drug-likeness (QED) is 0.882. The maximum absolute atomic E-state index is 9.25. The Morgan fingerprint density at radius 3 is 2.79 bits per heavy atom. The zero-order chi connectivity index (χ0) is 13.2. The van der Waals surface area contributed by atoms with Crippen molar-refractivity contribution in [3.05, 3.63) is 36.0 Å². The molecule has 0 spiro atoms. The molecule has 1 unspecified atom stereocenters. The molecule has 1 aromatic carbocycles. The molecule has 19 heavy (non-hydrogen) atoms. The first-order valence-electron chi connectivity index (χ1n) is 7.47. The number of hydrogen-bond acceptors (Lipinski definition) is 1. The van der Waals surface area contributed by atoms with E-state index in [4.69, 9.17) is 0 Å². The molecule has 102 valence electrons. The molecule has 0 bridgehead atoms. The molecule has 1 fully saturated rings. The van der Waals surface area contributed by atoms with E-state index in [0.717, 1.165) is 5.92 Å². The summed E-state index contributed by atoms with van der Waals surface area (Å²) in [7, 11) is 0. The van der Waals surface area contributed by atoms with Crippen molar-refractivity contribution in [3.63, 3.8) is 0 Å². The topological polar surface area (TPSA) is 25.2 Å². The molecule has 2 heteroatoms. The van der Waals surface area contributed by atoms with Crippen LogP contribution in [0.4, 0.5) is 0 Å². The van der Waals surface area contributed by atoms with E-state index in [1.165, 1.54) is 48.7 Å². The molecule has 1 heterocycles. The Morgan fingerprint density at radius 2 is 2.05 bits per heavy atom. The standard InChI is InChI=1S/C17H23NO/c1-13(12-19)15-6-7-17-16(10-15)8-9-18(17)11-14-4-2-3-5-14/h6-10,13-14,19H,2-5,11-12H2,1H3. The highest BCUT2D eigenvalue weighted by molar-refractivity contribution is 5.81. The van der Waals surface area contributed by atoms with Gasteiger partial charge >= 0.3 is 0 Å². The van der Waals surface area contributed by atoms with E-state index in [1.807, 2.05) is 0 Å². The van der Waals surface area contributed by atoms with Crippen molar-refractivity contribution >= 4 is 10.9 Å². The summed E-state index contributed by atoms with van der Waals surface area (Å²) in [6.07, 6.45) is 7.80. The van der Waals surface area contributed by atoms with Crippen LogP contribution in [0.1, 0.15) is 44.1 Å². The third-order valence-electron chi connectivity index (χ3n) is 4.57. The first-order chi connectivity index (χ1) is 9.28. The second-order valence-corrected chi connectivity index (χ2v) is 6.02. The number of aliphatic hydroxyl groups excluding tert-OH is 1. The van der Waals surface area contributed by atoms with Crippen molar-refractivity contribution < 1.29 is 5.11 Å². The minimum Gasteiger partial charge on any atom is -0.396 e. The van der Waals surface area contributed by atoms with Crippen LogP contribution < -0.4 is 0 Å². The number of fused-ring (bicyclic) bond motifs is 1. The highest BCUT2D eigenvalue weighted by Crippen LogP contribution is 2.28. The Kier molecular flexibility index (Phi) is 3.61. The fourth-order valence-corrected chi connectivity index (χ4v) is 3.26. The molecule has 1 aromatic heterocycles. The maximum atomic E-state index is 9.25. The van der Waals surface area contributed by atoms with Gasteiger partial charge in [0.2, 0.25) is 0 Å². The first-order valence-corrected chi connectivity index (χ1v) is 7.47. The van der Waals surface area contributed by atoms with Crippen LogP contribution >= 0.6 is 0 Å². The molecule has 0 aliphatic heterocycles. The lowest BCUT2D eigenvalue weighted by atomic mass is 10.0. The van der Waals surface area contributed by atoms with Crippen LogP contribution in [0.25, 0.3) is 10.9 Å². The third kappa shape index (κ3) is 2.55. The minimum atomic E-state index is 0.217. The zero-order valence-electron chi connectivity index (χ0n) is 11.7. The van der Waals surface area contributed by atoms with Gasteiger partial charge in [-0.15, -0.1) is 0 Å². The second kappa shape index (κ2) is 5.38. The number of aromatic nitrogens is 1. The largest absolute Gasteiger partial charge is 0.396 e. The van der Waals surface area contributed by atoms with E-state index in [2.05, 4.69) is 42.0 Å². The lowest BCUT2D eigenvalue weighted by molar-refractivity contribution is 0.273. The lowest BCUT2D eigenvalue weighted by Gasteiger charge is -2.13. The number of hydrogen-bond donors (Lipinski definition) is 1. The molecule has 2 aromatic rings.